The summed E-state index contributed by atoms with van der Waals surface area (Å²) in [7, 11) is 1.90. The second kappa shape index (κ2) is 8.98. The fraction of sp³-hybridized carbons (Fsp3) is 0.273. The molecule has 2 amide bonds. The Labute approximate surface area is 185 Å². The Morgan fingerprint density at radius 1 is 1.20 bits per heavy atom. The molecule has 30 heavy (non-hydrogen) atoms. The zero-order valence-electron chi connectivity index (χ0n) is 16.5. The van der Waals surface area contributed by atoms with Gasteiger partial charge in [-0.05, 0) is 29.8 Å². The molecule has 6 nitrogen and oxygen atoms in total. The quantitative estimate of drug-likeness (QED) is 0.621. The molecule has 2 unspecified atom stereocenters. The van der Waals surface area contributed by atoms with E-state index in [1.165, 1.54) is 0 Å². The van der Waals surface area contributed by atoms with E-state index in [1.54, 1.807) is 17.2 Å². The van der Waals surface area contributed by atoms with Gasteiger partial charge in [0.05, 0.1) is 11.6 Å². The Morgan fingerprint density at radius 2 is 1.97 bits per heavy atom. The number of para-hydroxylation sites is 1. The monoisotopic (exact) mass is 444 g/mol. The first kappa shape index (κ1) is 20.6. The highest BCUT2D eigenvalue weighted by molar-refractivity contribution is 6.32. The molecule has 1 saturated heterocycles. The molecule has 2 heterocycles. The summed E-state index contributed by atoms with van der Waals surface area (Å²) >= 11 is 12.2. The molecular weight excluding hydrogens is 423 g/mol. The number of imidazole rings is 1. The SMILES string of the molecule is Cn1ccnc1C(NC(=O)N1CCC(Oc2ccccc2Cl)C1)c1ccc(Cl)cc1. The third-order valence-electron chi connectivity index (χ3n) is 5.15. The van der Waals surface area contributed by atoms with Gasteiger partial charge in [-0.25, -0.2) is 9.78 Å². The molecule has 8 heteroatoms. The fourth-order valence-electron chi connectivity index (χ4n) is 3.55. The predicted octanol–water partition coefficient (Wildman–Crippen LogP) is 4.68. The van der Waals surface area contributed by atoms with Crippen molar-refractivity contribution in [1.29, 1.82) is 0 Å². The minimum absolute atomic E-state index is 0.0993. The number of ether oxygens (including phenoxy) is 1. The standard InChI is InChI=1S/C22H22Cl2N4O2/c1-27-13-11-25-21(27)20(15-6-8-16(23)9-7-15)26-22(29)28-12-10-17(14-28)30-19-5-3-2-4-18(19)24/h2-9,11,13,17,20H,10,12,14H2,1H3,(H,26,29). The predicted molar refractivity (Wildman–Crippen MR) is 117 cm³/mol. The summed E-state index contributed by atoms with van der Waals surface area (Å²) < 4.78 is 7.89. The first-order valence-electron chi connectivity index (χ1n) is 9.70. The molecule has 3 aromatic rings. The van der Waals surface area contributed by atoms with Crippen molar-refractivity contribution >= 4 is 29.2 Å². The number of benzene rings is 2. The first-order chi connectivity index (χ1) is 14.5. The minimum atomic E-state index is -0.390. The number of rotatable bonds is 5. The van der Waals surface area contributed by atoms with Gasteiger partial charge in [-0.15, -0.1) is 0 Å². The van der Waals surface area contributed by atoms with Gasteiger partial charge in [0.1, 0.15) is 23.7 Å². The third kappa shape index (κ3) is 4.55. The number of carbonyl (C=O) groups is 1. The first-order valence-corrected chi connectivity index (χ1v) is 10.5. The number of nitrogens with zero attached hydrogens (tertiary/aromatic N) is 3. The molecule has 0 saturated carbocycles. The van der Waals surface area contributed by atoms with Crippen molar-refractivity contribution in [3.8, 4) is 5.75 Å². The lowest BCUT2D eigenvalue weighted by Gasteiger charge is -2.24. The van der Waals surface area contributed by atoms with Gasteiger partial charge in [-0.3, -0.25) is 0 Å². The van der Waals surface area contributed by atoms with Crippen LogP contribution in [0.25, 0.3) is 0 Å². The smallest absolute Gasteiger partial charge is 0.318 e. The molecule has 156 valence electrons. The maximum atomic E-state index is 13.0. The van der Waals surface area contributed by atoms with E-state index in [2.05, 4.69) is 10.3 Å². The Bertz CT molecular complexity index is 1020. The van der Waals surface area contributed by atoms with Gasteiger partial charge in [0, 0.05) is 37.4 Å². The molecular formula is C22H22Cl2N4O2. The van der Waals surface area contributed by atoms with Crippen LogP contribution in [0.1, 0.15) is 23.9 Å². The van der Waals surface area contributed by atoms with Crippen LogP contribution in [0.5, 0.6) is 5.75 Å². The summed E-state index contributed by atoms with van der Waals surface area (Å²) in [6, 6.07) is 14.2. The largest absolute Gasteiger partial charge is 0.487 e. The van der Waals surface area contributed by atoms with Crippen molar-refractivity contribution in [2.45, 2.75) is 18.6 Å². The average molecular weight is 445 g/mol. The molecule has 4 rings (SSSR count). The van der Waals surface area contributed by atoms with E-state index in [4.69, 9.17) is 27.9 Å². The van der Waals surface area contributed by atoms with Crippen LogP contribution in [0.3, 0.4) is 0 Å². The number of aromatic nitrogens is 2. The highest BCUT2D eigenvalue weighted by atomic mass is 35.5. The number of amides is 2. The van der Waals surface area contributed by atoms with E-state index >= 15 is 0 Å². The molecule has 1 fully saturated rings. The van der Waals surface area contributed by atoms with Crippen molar-refractivity contribution in [3.63, 3.8) is 0 Å². The lowest BCUT2D eigenvalue weighted by Crippen LogP contribution is -2.42. The van der Waals surface area contributed by atoms with Crippen LogP contribution >= 0.6 is 23.2 Å². The molecule has 0 spiro atoms. The summed E-state index contributed by atoms with van der Waals surface area (Å²) in [6.45, 7) is 1.10. The molecule has 2 aromatic carbocycles. The maximum Gasteiger partial charge on any atom is 0.318 e. The molecule has 0 aliphatic carbocycles. The minimum Gasteiger partial charge on any atom is -0.487 e. The van der Waals surface area contributed by atoms with Gasteiger partial charge in [-0.1, -0.05) is 47.5 Å². The van der Waals surface area contributed by atoms with E-state index < -0.39 is 6.04 Å². The van der Waals surface area contributed by atoms with Gasteiger partial charge >= 0.3 is 6.03 Å². The van der Waals surface area contributed by atoms with E-state index in [9.17, 15) is 4.79 Å². The Hall–Kier alpha value is -2.70. The molecule has 0 radical (unpaired) electrons. The van der Waals surface area contributed by atoms with Crippen LogP contribution in [-0.2, 0) is 7.05 Å². The maximum absolute atomic E-state index is 13.0. The van der Waals surface area contributed by atoms with Crippen molar-refractivity contribution in [2.75, 3.05) is 13.1 Å². The highest BCUT2D eigenvalue weighted by Crippen LogP contribution is 2.27. The lowest BCUT2D eigenvalue weighted by atomic mass is 10.1. The summed E-state index contributed by atoms with van der Waals surface area (Å²) in [5, 5.41) is 4.32. The van der Waals surface area contributed by atoms with Gasteiger partial charge in [0.25, 0.3) is 0 Å². The van der Waals surface area contributed by atoms with Crippen molar-refractivity contribution in [2.24, 2.45) is 7.05 Å². The molecule has 1 aliphatic heterocycles. The number of halogens is 2. The van der Waals surface area contributed by atoms with Crippen LogP contribution in [0.2, 0.25) is 10.0 Å². The highest BCUT2D eigenvalue weighted by Gasteiger charge is 2.30. The molecule has 0 bridgehead atoms. The molecule has 1 N–H and O–H groups in total. The summed E-state index contributed by atoms with van der Waals surface area (Å²) in [4.78, 5) is 19.2. The van der Waals surface area contributed by atoms with Crippen LogP contribution in [0.4, 0.5) is 4.79 Å². The van der Waals surface area contributed by atoms with Gasteiger partial charge in [-0.2, -0.15) is 0 Å². The van der Waals surface area contributed by atoms with E-state index in [0.29, 0.717) is 28.9 Å². The van der Waals surface area contributed by atoms with Crippen LogP contribution in [0.15, 0.2) is 60.9 Å². The lowest BCUT2D eigenvalue weighted by molar-refractivity contribution is 0.185. The topological polar surface area (TPSA) is 59.4 Å². The molecule has 1 aromatic heterocycles. The van der Waals surface area contributed by atoms with E-state index in [1.807, 2.05) is 60.3 Å². The Balaban J connectivity index is 1.46. The van der Waals surface area contributed by atoms with Crippen LogP contribution < -0.4 is 10.1 Å². The van der Waals surface area contributed by atoms with E-state index in [0.717, 1.165) is 17.8 Å². The number of hydrogen-bond acceptors (Lipinski definition) is 3. The van der Waals surface area contributed by atoms with Crippen molar-refractivity contribution in [3.05, 3.63) is 82.4 Å². The van der Waals surface area contributed by atoms with Crippen LogP contribution in [0, 0.1) is 0 Å². The Morgan fingerprint density at radius 3 is 2.67 bits per heavy atom. The van der Waals surface area contributed by atoms with Gasteiger partial charge in [0.15, 0.2) is 0 Å². The number of urea groups is 1. The fourth-order valence-corrected chi connectivity index (χ4v) is 3.86. The second-order valence-corrected chi connectivity index (χ2v) is 8.08. The molecule has 1 aliphatic rings. The number of hydrogen-bond donors (Lipinski definition) is 1. The summed E-state index contributed by atoms with van der Waals surface area (Å²) in [5.41, 5.74) is 0.908. The van der Waals surface area contributed by atoms with Crippen LogP contribution in [-0.4, -0.2) is 39.7 Å². The Kier molecular flexibility index (Phi) is 6.16. The van der Waals surface area contributed by atoms with Gasteiger partial charge < -0.3 is 19.5 Å². The van der Waals surface area contributed by atoms with Crippen molar-refractivity contribution < 1.29 is 9.53 Å². The number of nitrogens with one attached hydrogen (secondary N) is 1. The third-order valence-corrected chi connectivity index (χ3v) is 5.71. The number of likely N-dealkylation sites (tertiary alicyclic amines) is 1. The van der Waals surface area contributed by atoms with E-state index in [-0.39, 0.29) is 12.1 Å². The summed E-state index contributed by atoms with van der Waals surface area (Å²) in [6.07, 6.45) is 4.21. The second-order valence-electron chi connectivity index (χ2n) is 7.24. The van der Waals surface area contributed by atoms with Gasteiger partial charge in [0.2, 0.25) is 0 Å². The normalized spacial score (nSPS) is 17.0. The number of aryl methyl sites for hydroxylation is 1. The van der Waals surface area contributed by atoms with Crippen molar-refractivity contribution in [1.82, 2.24) is 19.8 Å². The summed E-state index contributed by atoms with van der Waals surface area (Å²) in [5.74, 6) is 1.38. The zero-order valence-corrected chi connectivity index (χ0v) is 18.0. The zero-order chi connectivity index (χ0) is 21.1. The average Bonchev–Trinajstić information content (AvgIpc) is 3.38. The molecule has 2 atom stereocenters. The number of carbonyl (C=O) groups excluding carboxylic acids is 1.